The zero-order valence-electron chi connectivity index (χ0n) is 12.4. The van der Waals surface area contributed by atoms with E-state index in [-0.39, 0.29) is 16.6 Å². The second-order valence-electron chi connectivity index (χ2n) is 5.02. The fraction of sp³-hybridized carbons (Fsp3) is 0.214. The Hall–Kier alpha value is -2.26. The number of thiazole rings is 1. The number of anilines is 1. The van der Waals surface area contributed by atoms with Crippen LogP contribution in [0.4, 0.5) is 5.13 Å². The van der Waals surface area contributed by atoms with Gasteiger partial charge in [-0.1, -0.05) is 12.1 Å². The van der Waals surface area contributed by atoms with Crippen LogP contribution in [0.5, 0.6) is 0 Å². The summed E-state index contributed by atoms with van der Waals surface area (Å²) in [7, 11) is -3.60. The summed E-state index contributed by atoms with van der Waals surface area (Å²) in [5, 5.41) is 3.16. The van der Waals surface area contributed by atoms with E-state index >= 15 is 0 Å². The summed E-state index contributed by atoms with van der Waals surface area (Å²) >= 11 is 1.36. The molecule has 1 amide bonds. The summed E-state index contributed by atoms with van der Waals surface area (Å²) in [4.78, 5) is 21.6. The second kappa shape index (κ2) is 5.74. The number of nitrogens with zero attached hydrogens (tertiary/aromatic N) is 2. The number of amides is 1. The molecule has 1 aliphatic rings. The summed E-state index contributed by atoms with van der Waals surface area (Å²) in [6.07, 6.45) is 1.66. The largest absolute Gasteiger partial charge is 0.300 e. The highest BCUT2D eigenvalue weighted by molar-refractivity contribution is 7.90. The normalized spacial score (nSPS) is 18.3. The van der Waals surface area contributed by atoms with Gasteiger partial charge in [0.15, 0.2) is 5.13 Å². The molecule has 0 unspecified atom stereocenters. The van der Waals surface area contributed by atoms with Crippen LogP contribution in [-0.2, 0) is 14.8 Å². The van der Waals surface area contributed by atoms with Crippen LogP contribution in [0.2, 0.25) is 0 Å². The van der Waals surface area contributed by atoms with Crippen molar-refractivity contribution in [3.8, 4) is 0 Å². The molecule has 0 saturated heterocycles. The monoisotopic (exact) mass is 350 g/mol. The Morgan fingerprint density at radius 3 is 2.83 bits per heavy atom. The molecule has 7 nitrogen and oxygen atoms in total. The van der Waals surface area contributed by atoms with Crippen LogP contribution in [0.1, 0.15) is 17.4 Å². The van der Waals surface area contributed by atoms with Crippen LogP contribution in [0.15, 0.2) is 40.4 Å². The number of fused-ring (bicyclic) bond motifs is 1. The van der Waals surface area contributed by atoms with Crippen LogP contribution >= 0.6 is 11.3 Å². The van der Waals surface area contributed by atoms with E-state index in [9.17, 15) is 13.2 Å². The number of nitrogens with one attached hydrogen (secondary N) is 2. The number of amidine groups is 1. The molecule has 0 fully saturated rings. The van der Waals surface area contributed by atoms with Gasteiger partial charge in [-0.3, -0.25) is 14.5 Å². The van der Waals surface area contributed by atoms with E-state index < -0.39 is 16.1 Å². The molecule has 120 valence electrons. The van der Waals surface area contributed by atoms with Gasteiger partial charge in [-0.2, -0.15) is 0 Å². The van der Waals surface area contributed by atoms with Crippen molar-refractivity contribution in [1.29, 1.82) is 0 Å². The molecule has 2 heterocycles. The molecular weight excluding hydrogens is 336 g/mol. The number of aromatic nitrogens is 1. The Kier molecular flexibility index (Phi) is 3.90. The van der Waals surface area contributed by atoms with Crippen molar-refractivity contribution in [1.82, 2.24) is 9.71 Å². The third kappa shape index (κ3) is 3.10. The Morgan fingerprint density at radius 1 is 1.39 bits per heavy atom. The number of carbonyl (C=O) groups is 1. The van der Waals surface area contributed by atoms with Crippen LogP contribution < -0.4 is 10.0 Å². The van der Waals surface area contributed by atoms with Crippen LogP contribution in [0, 0.1) is 6.92 Å². The average Bonchev–Trinajstić information content (AvgIpc) is 3.01. The summed E-state index contributed by atoms with van der Waals surface area (Å²) < 4.78 is 26.4. The first kappa shape index (κ1) is 15.6. The first-order valence-electron chi connectivity index (χ1n) is 6.80. The van der Waals surface area contributed by atoms with Gasteiger partial charge in [-0.15, -0.1) is 11.3 Å². The predicted molar refractivity (Wildman–Crippen MR) is 88.2 cm³/mol. The Balaban J connectivity index is 1.83. The SMILES string of the molecule is Cc1cnc(NC(=O)[C@@H](C)N=C2NS(=O)(=O)c3ccccc32)s1. The average molecular weight is 350 g/mol. The van der Waals surface area contributed by atoms with Crippen molar-refractivity contribution in [2.75, 3.05) is 5.32 Å². The molecule has 0 saturated carbocycles. The van der Waals surface area contributed by atoms with E-state index in [4.69, 9.17) is 0 Å². The van der Waals surface area contributed by atoms with E-state index in [2.05, 4.69) is 20.0 Å². The van der Waals surface area contributed by atoms with Gasteiger partial charge in [0.1, 0.15) is 11.9 Å². The smallest absolute Gasteiger partial charge is 0.263 e. The van der Waals surface area contributed by atoms with Gasteiger partial charge in [-0.05, 0) is 26.0 Å². The molecule has 0 spiro atoms. The van der Waals surface area contributed by atoms with Crippen LogP contribution in [-0.4, -0.2) is 31.2 Å². The zero-order valence-corrected chi connectivity index (χ0v) is 14.0. The van der Waals surface area contributed by atoms with Gasteiger partial charge in [0, 0.05) is 16.6 Å². The fourth-order valence-electron chi connectivity index (χ4n) is 2.10. The molecule has 9 heteroatoms. The molecule has 0 radical (unpaired) electrons. The van der Waals surface area contributed by atoms with E-state index in [1.165, 1.54) is 17.4 Å². The second-order valence-corrected chi connectivity index (χ2v) is 7.91. The minimum Gasteiger partial charge on any atom is -0.300 e. The molecule has 23 heavy (non-hydrogen) atoms. The summed E-state index contributed by atoms with van der Waals surface area (Å²) in [6.45, 7) is 3.49. The van der Waals surface area contributed by atoms with Gasteiger partial charge < -0.3 is 5.32 Å². The lowest BCUT2D eigenvalue weighted by Crippen LogP contribution is -2.28. The number of aryl methyl sites for hydroxylation is 1. The third-order valence-electron chi connectivity index (χ3n) is 3.22. The van der Waals surface area contributed by atoms with Crippen molar-refractivity contribution in [2.24, 2.45) is 4.99 Å². The molecule has 1 aromatic carbocycles. The van der Waals surface area contributed by atoms with E-state index in [0.717, 1.165) is 4.88 Å². The van der Waals surface area contributed by atoms with E-state index in [1.54, 1.807) is 31.3 Å². The first-order chi connectivity index (χ1) is 10.9. The van der Waals surface area contributed by atoms with Gasteiger partial charge in [-0.25, -0.2) is 13.4 Å². The Morgan fingerprint density at radius 2 is 2.13 bits per heavy atom. The molecule has 2 N–H and O–H groups in total. The summed E-state index contributed by atoms with van der Waals surface area (Å²) in [5.74, 6) is -0.172. The van der Waals surface area contributed by atoms with Crippen molar-refractivity contribution >= 4 is 38.2 Å². The minimum absolute atomic E-state index is 0.168. The highest BCUT2D eigenvalue weighted by Crippen LogP contribution is 2.23. The van der Waals surface area contributed by atoms with Gasteiger partial charge in [0.25, 0.3) is 15.9 Å². The highest BCUT2D eigenvalue weighted by Gasteiger charge is 2.31. The minimum atomic E-state index is -3.60. The zero-order chi connectivity index (χ0) is 16.6. The molecule has 1 aliphatic heterocycles. The quantitative estimate of drug-likeness (QED) is 0.876. The molecule has 0 aliphatic carbocycles. The van der Waals surface area contributed by atoms with Crippen LogP contribution in [0.3, 0.4) is 0 Å². The first-order valence-corrected chi connectivity index (χ1v) is 9.10. The van der Waals surface area contributed by atoms with E-state index in [1.807, 2.05) is 6.92 Å². The summed E-state index contributed by atoms with van der Waals surface area (Å²) in [6, 6.07) is 5.76. The Labute approximate surface area is 137 Å². The number of aliphatic imine (C=N–C) groups is 1. The molecule has 1 aromatic heterocycles. The topological polar surface area (TPSA) is 101 Å². The van der Waals surface area contributed by atoms with Crippen molar-refractivity contribution in [3.05, 3.63) is 40.9 Å². The lowest BCUT2D eigenvalue weighted by Gasteiger charge is -2.07. The molecule has 0 bridgehead atoms. The number of sulfonamides is 1. The maximum absolute atomic E-state index is 12.2. The lowest BCUT2D eigenvalue weighted by atomic mass is 10.2. The molecule has 2 aromatic rings. The van der Waals surface area contributed by atoms with Crippen molar-refractivity contribution in [3.63, 3.8) is 0 Å². The van der Waals surface area contributed by atoms with Gasteiger partial charge in [0.05, 0.1) is 4.90 Å². The maximum atomic E-state index is 12.2. The van der Waals surface area contributed by atoms with Crippen LogP contribution in [0.25, 0.3) is 0 Å². The lowest BCUT2D eigenvalue weighted by molar-refractivity contribution is -0.117. The third-order valence-corrected chi connectivity index (χ3v) is 5.44. The van der Waals surface area contributed by atoms with Gasteiger partial charge in [0.2, 0.25) is 0 Å². The number of benzene rings is 1. The number of carbonyl (C=O) groups excluding carboxylic acids is 1. The van der Waals surface area contributed by atoms with Gasteiger partial charge >= 0.3 is 0 Å². The standard InChI is InChI=1S/C14H14N4O3S2/c1-8-7-15-14(22-8)17-13(19)9(2)16-12-10-5-3-4-6-11(10)23(20,21)18-12/h3-7,9H,1-2H3,(H,16,18)(H,15,17,19)/t9-/m1/s1. The van der Waals surface area contributed by atoms with Crippen molar-refractivity contribution in [2.45, 2.75) is 24.8 Å². The number of hydrogen-bond donors (Lipinski definition) is 2. The number of rotatable bonds is 3. The molecule has 3 rings (SSSR count). The maximum Gasteiger partial charge on any atom is 0.263 e. The fourth-order valence-corrected chi connectivity index (χ4v) is 4.01. The van der Waals surface area contributed by atoms with E-state index in [0.29, 0.717) is 10.7 Å². The Bertz CT molecular complexity index is 902. The van der Waals surface area contributed by atoms with Crippen molar-refractivity contribution < 1.29 is 13.2 Å². The highest BCUT2D eigenvalue weighted by atomic mass is 32.2. The summed E-state index contributed by atoms with van der Waals surface area (Å²) in [5.41, 5.74) is 0.470. The molecule has 1 atom stereocenters. The predicted octanol–water partition coefficient (Wildman–Crippen LogP) is 1.52. The molecular formula is C14H14N4O3S2. The number of hydrogen-bond acceptors (Lipinski definition) is 6.